The average Bonchev–Trinajstić information content (AvgIpc) is 3.45. The van der Waals surface area contributed by atoms with Crippen LogP contribution in [0.5, 0.6) is 0 Å². The maximum Gasteiger partial charge on any atom is 0.417 e. The van der Waals surface area contributed by atoms with E-state index >= 15 is 0 Å². The molecule has 9 nitrogen and oxygen atoms in total. The number of hydrogen-bond acceptors (Lipinski definition) is 7. The second-order valence-electron chi connectivity index (χ2n) is 13.0. The van der Waals surface area contributed by atoms with Crippen molar-refractivity contribution >= 4 is 47.4 Å². The van der Waals surface area contributed by atoms with E-state index in [4.69, 9.17) is 21.1 Å². The van der Waals surface area contributed by atoms with Crippen molar-refractivity contribution in [2.24, 2.45) is 11.8 Å². The lowest BCUT2D eigenvalue weighted by molar-refractivity contribution is -0.145. The van der Waals surface area contributed by atoms with Crippen LogP contribution in [0, 0.1) is 18.8 Å². The van der Waals surface area contributed by atoms with Gasteiger partial charge in [0.1, 0.15) is 17.4 Å². The van der Waals surface area contributed by atoms with Crippen molar-refractivity contribution < 1.29 is 28.7 Å². The number of hydrogen-bond donors (Lipinski definition) is 3. The zero-order chi connectivity index (χ0) is 33.3. The van der Waals surface area contributed by atoms with Crippen LogP contribution in [0.2, 0.25) is 5.02 Å². The minimum atomic E-state index is -0.975. The van der Waals surface area contributed by atoms with Crippen molar-refractivity contribution in [1.82, 2.24) is 15.4 Å². The van der Waals surface area contributed by atoms with Crippen molar-refractivity contribution in [2.45, 2.75) is 94.9 Å². The Kier molecular flexibility index (Phi) is 12.8. The molecule has 2 fully saturated rings. The second-order valence-corrected chi connectivity index (χ2v) is 14.4. The van der Waals surface area contributed by atoms with Crippen LogP contribution >= 0.6 is 23.5 Å². The number of rotatable bonds is 13. The molecular weight excluding hydrogens is 626 g/mol. The number of amides is 3. The summed E-state index contributed by atoms with van der Waals surface area (Å²) in [4.78, 5) is 52.1. The van der Waals surface area contributed by atoms with Crippen LogP contribution in [-0.4, -0.2) is 48.8 Å². The van der Waals surface area contributed by atoms with Crippen LogP contribution in [-0.2, 0) is 29.3 Å². The van der Waals surface area contributed by atoms with Gasteiger partial charge >= 0.3 is 12.1 Å². The monoisotopic (exact) mass is 671 g/mol. The zero-order valence-electron chi connectivity index (χ0n) is 27.1. The van der Waals surface area contributed by atoms with Gasteiger partial charge in [-0.3, -0.25) is 14.3 Å². The SMILES string of the molecule is COC(=O)[C@H](C[C@@H]1CCNC1=O)NC(=O)[C@H](CC1CCCCC1)SNC(=O)OC(c1cccc(C)c1)C(C)(C)c1cccc(Cl)c1. The van der Waals surface area contributed by atoms with E-state index in [2.05, 4.69) is 15.4 Å². The summed E-state index contributed by atoms with van der Waals surface area (Å²) < 4.78 is 13.9. The summed E-state index contributed by atoms with van der Waals surface area (Å²) in [5.41, 5.74) is 2.12. The molecule has 0 radical (unpaired) electrons. The Bertz CT molecular complexity index is 1380. The molecule has 2 aromatic rings. The zero-order valence-corrected chi connectivity index (χ0v) is 28.7. The quantitative estimate of drug-likeness (QED) is 0.163. The molecule has 0 aromatic heterocycles. The van der Waals surface area contributed by atoms with Crippen molar-refractivity contribution in [3.05, 3.63) is 70.2 Å². The Morgan fingerprint density at radius 2 is 1.78 bits per heavy atom. The van der Waals surface area contributed by atoms with Gasteiger partial charge in [0.25, 0.3) is 0 Å². The van der Waals surface area contributed by atoms with E-state index in [0.29, 0.717) is 30.3 Å². The van der Waals surface area contributed by atoms with Gasteiger partial charge in [-0.05, 0) is 67.3 Å². The van der Waals surface area contributed by atoms with E-state index in [1.54, 1.807) is 6.07 Å². The third-order valence-electron chi connectivity index (χ3n) is 9.13. The molecule has 250 valence electrons. The molecule has 2 aliphatic rings. The van der Waals surface area contributed by atoms with E-state index < -0.39 is 34.9 Å². The first-order chi connectivity index (χ1) is 22.0. The highest BCUT2D eigenvalue weighted by Crippen LogP contribution is 2.41. The number of aryl methyl sites for hydroxylation is 1. The molecule has 1 saturated carbocycles. The number of ether oxygens (including phenoxy) is 2. The van der Waals surface area contributed by atoms with Gasteiger partial charge in [0.2, 0.25) is 11.8 Å². The molecule has 1 aliphatic carbocycles. The summed E-state index contributed by atoms with van der Waals surface area (Å²) in [6, 6.07) is 14.4. The molecule has 2 aromatic carbocycles. The standard InChI is InChI=1S/C35H46ClN3O6S/c1-22-10-8-13-24(18-22)30(35(2,3)26-14-9-15-27(36)21-26)45-34(43)39-46-29(19-23-11-6-5-7-12-23)32(41)38-28(33(42)44-4)20-25-16-17-37-31(25)40/h8-10,13-15,18,21,23,25,28-30H,5-7,11-12,16-17,19-20H2,1-4H3,(H,37,40)(H,38,41)(H,39,43)/t25-,28-,29-,30?/m0/s1. The number of benzene rings is 2. The molecule has 1 saturated heterocycles. The molecule has 11 heteroatoms. The topological polar surface area (TPSA) is 123 Å². The fourth-order valence-corrected chi connectivity index (χ4v) is 7.49. The van der Waals surface area contributed by atoms with E-state index in [-0.39, 0.29) is 24.2 Å². The summed E-state index contributed by atoms with van der Waals surface area (Å²) in [7, 11) is 1.26. The Morgan fingerprint density at radius 3 is 2.43 bits per heavy atom. The number of nitrogens with one attached hydrogen (secondary N) is 3. The molecule has 4 atom stereocenters. The number of halogens is 1. The third kappa shape index (κ3) is 9.64. The summed E-state index contributed by atoms with van der Waals surface area (Å²) in [6.07, 6.45) is 5.28. The van der Waals surface area contributed by atoms with E-state index in [1.165, 1.54) is 13.5 Å². The fraction of sp³-hybridized carbons (Fsp3) is 0.543. The van der Waals surface area contributed by atoms with Gasteiger partial charge in [0.15, 0.2) is 0 Å². The maximum absolute atomic E-state index is 13.7. The van der Waals surface area contributed by atoms with Gasteiger partial charge < -0.3 is 20.1 Å². The van der Waals surface area contributed by atoms with Gasteiger partial charge in [-0.1, -0.05) is 99.5 Å². The molecule has 0 spiro atoms. The second kappa shape index (κ2) is 16.5. The fourth-order valence-electron chi connectivity index (χ4n) is 6.47. The van der Waals surface area contributed by atoms with Crippen LogP contribution in [0.1, 0.15) is 88.0 Å². The van der Waals surface area contributed by atoms with Crippen molar-refractivity contribution in [3.8, 4) is 0 Å². The van der Waals surface area contributed by atoms with Gasteiger partial charge in [0.05, 0.1) is 7.11 Å². The lowest BCUT2D eigenvalue weighted by Crippen LogP contribution is -2.47. The molecule has 1 unspecified atom stereocenters. The highest BCUT2D eigenvalue weighted by molar-refractivity contribution is 7.99. The van der Waals surface area contributed by atoms with Crippen molar-refractivity contribution in [2.75, 3.05) is 13.7 Å². The van der Waals surface area contributed by atoms with Crippen LogP contribution in [0.25, 0.3) is 0 Å². The van der Waals surface area contributed by atoms with Gasteiger partial charge in [-0.25, -0.2) is 9.59 Å². The smallest absolute Gasteiger partial charge is 0.417 e. The molecule has 3 N–H and O–H groups in total. The Balaban J connectivity index is 1.51. The summed E-state index contributed by atoms with van der Waals surface area (Å²) in [6.45, 7) is 6.53. The number of esters is 1. The molecule has 46 heavy (non-hydrogen) atoms. The number of carbonyl (C=O) groups excluding carboxylic acids is 4. The lowest BCUT2D eigenvalue weighted by atomic mass is 9.76. The first-order valence-corrected chi connectivity index (χ1v) is 17.3. The predicted octanol–water partition coefficient (Wildman–Crippen LogP) is 6.56. The summed E-state index contributed by atoms with van der Waals surface area (Å²) in [5, 5.41) is 5.51. The number of carbonyl (C=O) groups is 4. The molecule has 3 amide bonds. The highest BCUT2D eigenvalue weighted by atomic mass is 35.5. The Hall–Kier alpha value is -3.24. The minimum Gasteiger partial charge on any atom is -0.467 e. The van der Waals surface area contributed by atoms with Crippen molar-refractivity contribution in [1.29, 1.82) is 0 Å². The molecular formula is C35H46ClN3O6S. The van der Waals surface area contributed by atoms with Crippen LogP contribution < -0.4 is 15.4 Å². The van der Waals surface area contributed by atoms with Gasteiger partial charge in [-0.2, -0.15) is 0 Å². The number of methoxy groups -OCH3 is 1. The van der Waals surface area contributed by atoms with E-state index in [9.17, 15) is 19.2 Å². The van der Waals surface area contributed by atoms with Gasteiger partial charge in [0, 0.05) is 22.9 Å². The Morgan fingerprint density at radius 1 is 1.04 bits per heavy atom. The van der Waals surface area contributed by atoms with Crippen LogP contribution in [0.3, 0.4) is 0 Å². The lowest BCUT2D eigenvalue weighted by Gasteiger charge is -2.35. The predicted molar refractivity (Wildman–Crippen MR) is 180 cm³/mol. The first kappa shape index (κ1) is 35.6. The average molecular weight is 672 g/mol. The highest BCUT2D eigenvalue weighted by Gasteiger charge is 2.38. The van der Waals surface area contributed by atoms with Crippen LogP contribution in [0.15, 0.2) is 48.5 Å². The van der Waals surface area contributed by atoms with E-state index in [1.807, 2.05) is 63.2 Å². The summed E-state index contributed by atoms with van der Waals surface area (Å²) >= 11 is 7.33. The summed E-state index contributed by atoms with van der Waals surface area (Å²) in [5.74, 6) is -1.20. The molecule has 0 bridgehead atoms. The first-order valence-electron chi connectivity index (χ1n) is 16.1. The molecule has 1 aliphatic heterocycles. The Labute approximate surface area is 281 Å². The molecule has 1 heterocycles. The van der Waals surface area contributed by atoms with Gasteiger partial charge in [-0.15, -0.1) is 0 Å². The maximum atomic E-state index is 13.7. The van der Waals surface area contributed by atoms with Crippen molar-refractivity contribution in [3.63, 3.8) is 0 Å². The third-order valence-corrected chi connectivity index (χ3v) is 10.3. The largest absolute Gasteiger partial charge is 0.467 e. The van der Waals surface area contributed by atoms with E-state index in [0.717, 1.165) is 54.3 Å². The minimum absolute atomic E-state index is 0.135. The molecule has 4 rings (SSSR count). The van der Waals surface area contributed by atoms with Crippen LogP contribution in [0.4, 0.5) is 4.79 Å². The normalized spacial score (nSPS) is 19.0.